The Kier molecular flexibility index (Phi) is 6.86. The molecule has 0 atom stereocenters. The molecule has 0 fully saturated rings. The van der Waals surface area contributed by atoms with Gasteiger partial charge in [0, 0.05) is 17.4 Å². The zero-order chi connectivity index (χ0) is 21.7. The summed E-state index contributed by atoms with van der Waals surface area (Å²) < 4.78 is 0. The highest BCUT2D eigenvalue weighted by Gasteiger charge is 2.40. The van der Waals surface area contributed by atoms with Crippen LogP contribution in [0.5, 0.6) is 0 Å². The van der Waals surface area contributed by atoms with Crippen molar-refractivity contribution in [3.05, 3.63) is 59.2 Å². The molecule has 4 heteroatoms. The van der Waals surface area contributed by atoms with E-state index in [2.05, 4.69) is 50.2 Å². The highest BCUT2D eigenvalue weighted by Crippen LogP contribution is 2.52. The number of hydrogen-bond donors (Lipinski definition) is 0. The lowest BCUT2D eigenvalue weighted by molar-refractivity contribution is -0.143. The molecule has 0 saturated heterocycles. The van der Waals surface area contributed by atoms with Crippen molar-refractivity contribution in [3.8, 4) is 11.1 Å². The Morgan fingerprint density at radius 1 is 0.933 bits per heavy atom. The number of oxime groups is 1. The molecule has 0 spiro atoms. The van der Waals surface area contributed by atoms with E-state index in [0.717, 1.165) is 32.1 Å². The van der Waals surface area contributed by atoms with Gasteiger partial charge in [0.1, 0.15) is 5.71 Å². The smallest absolute Gasteiger partial charge is 0.318 e. The third kappa shape index (κ3) is 3.96. The standard InChI is InChI=1S/C26H31NO3/c1-5-8-9-14-24(28)30-27-18(4)25(29)19-15-16-21-20-12-10-11-13-22(20)26(6-2,7-3)23(21)17-19/h10-13,15-17H,5-9,14H2,1-4H3/b27-18-. The molecule has 0 heterocycles. The number of rotatable bonds is 9. The molecule has 0 bridgehead atoms. The molecule has 0 radical (unpaired) electrons. The van der Waals surface area contributed by atoms with E-state index in [4.69, 9.17) is 4.84 Å². The Bertz CT molecular complexity index is 970. The molecule has 1 aliphatic rings. The zero-order valence-corrected chi connectivity index (χ0v) is 18.5. The maximum atomic E-state index is 13.0. The van der Waals surface area contributed by atoms with E-state index in [1.807, 2.05) is 18.2 Å². The van der Waals surface area contributed by atoms with E-state index in [1.54, 1.807) is 6.92 Å². The van der Waals surface area contributed by atoms with E-state index in [9.17, 15) is 9.59 Å². The Balaban J connectivity index is 1.86. The molecule has 0 unspecified atom stereocenters. The van der Waals surface area contributed by atoms with Gasteiger partial charge in [0.25, 0.3) is 0 Å². The van der Waals surface area contributed by atoms with Gasteiger partial charge in [0.2, 0.25) is 5.78 Å². The Labute approximate surface area is 179 Å². The van der Waals surface area contributed by atoms with Gasteiger partial charge in [-0.15, -0.1) is 0 Å². The van der Waals surface area contributed by atoms with Crippen molar-refractivity contribution in [1.29, 1.82) is 0 Å². The lowest BCUT2D eigenvalue weighted by atomic mass is 9.73. The van der Waals surface area contributed by atoms with Crippen molar-refractivity contribution in [2.24, 2.45) is 5.16 Å². The quantitative estimate of drug-likeness (QED) is 0.158. The minimum Gasteiger partial charge on any atom is -0.318 e. The topological polar surface area (TPSA) is 55.7 Å². The maximum Gasteiger partial charge on any atom is 0.335 e. The van der Waals surface area contributed by atoms with Crippen LogP contribution in [-0.2, 0) is 15.0 Å². The van der Waals surface area contributed by atoms with Crippen molar-refractivity contribution < 1.29 is 14.4 Å². The summed E-state index contributed by atoms with van der Waals surface area (Å²) in [6, 6.07) is 14.4. The van der Waals surface area contributed by atoms with Crippen LogP contribution >= 0.6 is 0 Å². The van der Waals surface area contributed by atoms with E-state index in [0.29, 0.717) is 12.0 Å². The first-order valence-corrected chi connectivity index (χ1v) is 11.0. The van der Waals surface area contributed by atoms with E-state index in [-0.39, 0.29) is 16.9 Å². The van der Waals surface area contributed by atoms with Crippen molar-refractivity contribution in [2.75, 3.05) is 0 Å². The fourth-order valence-corrected chi connectivity index (χ4v) is 4.54. The number of nitrogens with zero attached hydrogens (tertiary/aromatic N) is 1. The van der Waals surface area contributed by atoms with Crippen LogP contribution in [0, 0.1) is 0 Å². The average molecular weight is 406 g/mol. The summed E-state index contributed by atoms with van der Waals surface area (Å²) in [7, 11) is 0. The lowest BCUT2D eigenvalue weighted by Gasteiger charge is -2.29. The number of ketones is 1. The zero-order valence-electron chi connectivity index (χ0n) is 18.5. The molecular formula is C26H31NO3. The number of Topliss-reactive ketones (excluding diaryl/α,β-unsaturated/α-hetero) is 1. The van der Waals surface area contributed by atoms with Gasteiger partial charge in [-0.05, 0) is 54.5 Å². The summed E-state index contributed by atoms with van der Waals surface area (Å²) in [6.07, 6.45) is 5.05. The fourth-order valence-electron chi connectivity index (χ4n) is 4.54. The Hall–Kier alpha value is -2.75. The Morgan fingerprint density at radius 3 is 2.33 bits per heavy atom. The highest BCUT2D eigenvalue weighted by atomic mass is 16.7. The molecule has 3 rings (SSSR count). The van der Waals surface area contributed by atoms with Crippen molar-refractivity contribution in [3.63, 3.8) is 0 Å². The predicted octanol–water partition coefficient (Wildman–Crippen LogP) is 6.46. The second-order valence-electron chi connectivity index (χ2n) is 8.02. The van der Waals surface area contributed by atoms with Crippen LogP contribution in [0.4, 0.5) is 0 Å². The van der Waals surface area contributed by atoms with Crippen molar-refractivity contribution >= 4 is 17.5 Å². The largest absolute Gasteiger partial charge is 0.335 e. The van der Waals surface area contributed by atoms with Crippen LogP contribution in [0.1, 0.15) is 87.7 Å². The predicted molar refractivity (Wildman–Crippen MR) is 121 cm³/mol. The van der Waals surface area contributed by atoms with Crippen molar-refractivity contribution in [1.82, 2.24) is 0 Å². The summed E-state index contributed by atoms with van der Waals surface area (Å²) in [5.74, 6) is -0.604. The number of hydrogen-bond acceptors (Lipinski definition) is 4. The summed E-state index contributed by atoms with van der Waals surface area (Å²) in [6.45, 7) is 8.08. The summed E-state index contributed by atoms with van der Waals surface area (Å²) in [4.78, 5) is 29.7. The minimum atomic E-state index is -0.393. The highest BCUT2D eigenvalue weighted by molar-refractivity contribution is 6.45. The number of unbranched alkanes of at least 4 members (excludes halogenated alkanes) is 2. The van der Waals surface area contributed by atoms with E-state index >= 15 is 0 Å². The van der Waals surface area contributed by atoms with E-state index < -0.39 is 5.97 Å². The van der Waals surface area contributed by atoms with Crippen LogP contribution in [0.3, 0.4) is 0 Å². The summed E-state index contributed by atoms with van der Waals surface area (Å²) >= 11 is 0. The van der Waals surface area contributed by atoms with Crippen LogP contribution in [-0.4, -0.2) is 17.5 Å². The third-order valence-corrected chi connectivity index (χ3v) is 6.33. The molecule has 0 amide bonds. The minimum absolute atomic E-state index is 0.0843. The normalized spacial score (nSPS) is 14.2. The van der Waals surface area contributed by atoms with Gasteiger partial charge in [-0.3, -0.25) is 4.79 Å². The van der Waals surface area contributed by atoms with Gasteiger partial charge >= 0.3 is 5.97 Å². The number of fused-ring (bicyclic) bond motifs is 3. The molecule has 0 saturated carbocycles. The molecule has 158 valence electrons. The van der Waals surface area contributed by atoms with Gasteiger partial charge in [-0.1, -0.05) is 75.2 Å². The lowest BCUT2D eigenvalue weighted by Crippen LogP contribution is -2.23. The Morgan fingerprint density at radius 2 is 1.63 bits per heavy atom. The first-order chi connectivity index (χ1) is 14.5. The van der Waals surface area contributed by atoms with Gasteiger partial charge in [-0.25, -0.2) is 4.79 Å². The van der Waals surface area contributed by atoms with Crippen LogP contribution in [0.2, 0.25) is 0 Å². The second-order valence-corrected chi connectivity index (χ2v) is 8.02. The third-order valence-electron chi connectivity index (χ3n) is 6.33. The molecule has 30 heavy (non-hydrogen) atoms. The number of carbonyl (C=O) groups is 2. The molecule has 1 aliphatic carbocycles. The van der Waals surface area contributed by atoms with Crippen LogP contribution < -0.4 is 0 Å². The first-order valence-electron chi connectivity index (χ1n) is 11.0. The number of benzene rings is 2. The molecule has 0 N–H and O–H groups in total. The summed E-state index contributed by atoms with van der Waals surface area (Å²) in [5, 5.41) is 3.81. The van der Waals surface area contributed by atoms with Crippen LogP contribution in [0.15, 0.2) is 47.6 Å². The van der Waals surface area contributed by atoms with Gasteiger partial charge in [-0.2, -0.15) is 0 Å². The average Bonchev–Trinajstić information content (AvgIpc) is 3.06. The van der Waals surface area contributed by atoms with Crippen molar-refractivity contribution in [2.45, 2.75) is 71.6 Å². The molecule has 0 aromatic heterocycles. The SMILES string of the molecule is CCCCCC(=O)O/N=C(/C)C(=O)c1ccc2c(c1)C(CC)(CC)c1ccccc1-2. The first kappa shape index (κ1) is 21.9. The monoisotopic (exact) mass is 405 g/mol. The van der Waals surface area contributed by atoms with Gasteiger partial charge in [0.05, 0.1) is 0 Å². The number of carbonyl (C=O) groups excluding carboxylic acids is 2. The van der Waals surface area contributed by atoms with Crippen LogP contribution in [0.25, 0.3) is 11.1 Å². The maximum absolute atomic E-state index is 13.0. The van der Waals surface area contributed by atoms with Gasteiger partial charge in [0.15, 0.2) is 0 Å². The van der Waals surface area contributed by atoms with Gasteiger partial charge < -0.3 is 4.84 Å². The molecule has 2 aromatic carbocycles. The summed E-state index contributed by atoms with van der Waals surface area (Å²) in [5.41, 5.74) is 5.66. The second kappa shape index (κ2) is 9.38. The van der Waals surface area contributed by atoms with E-state index in [1.165, 1.54) is 22.3 Å². The molecule has 4 nitrogen and oxygen atoms in total. The molecular weight excluding hydrogens is 374 g/mol. The molecule has 0 aliphatic heterocycles. The fraction of sp³-hybridized carbons (Fsp3) is 0.423. The molecule has 2 aromatic rings.